The molecule has 2 unspecified atom stereocenters. The van der Waals surface area contributed by atoms with Gasteiger partial charge in [0.2, 0.25) is 0 Å². The lowest BCUT2D eigenvalue weighted by Gasteiger charge is -2.33. The Morgan fingerprint density at radius 1 is 1.00 bits per heavy atom. The van der Waals surface area contributed by atoms with Crippen LogP contribution in [0.1, 0.15) is 47.4 Å². The average Bonchev–Trinajstić information content (AvgIpc) is 3.34. The zero-order valence-electron chi connectivity index (χ0n) is 19.3. The van der Waals surface area contributed by atoms with Gasteiger partial charge in [0.25, 0.3) is 0 Å². The number of halogens is 1. The van der Waals surface area contributed by atoms with Crippen molar-refractivity contribution in [2.24, 2.45) is 0 Å². The van der Waals surface area contributed by atoms with Gasteiger partial charge in [-0.15, -0.1) is 0 Å². The maximum atomic E-state index is 14.6. The molecule has 2 bridgehead atoms. The molecular formula is C30H25FN2O2. The Morgan fingerprint density at radius 2 is 1.71 bits per heavy atom. The molecule has 2 aliphatic heterocycles. The molecule has 0 N–H and O–H groups in total. The standard InChI is InChI=1S/C30H25FN2O2/c31-29-12-9-19(13-14-32)15-27(29)20-16-21-10-11-22(17-20)33(21)30(34)35-18-28-25-7-3-1-5-23(25)24-6-2-4-8-26(24)28/h1-9,12,15-16,21-22,28H,10-11,13,17-18H2. The number of carbonyl (C=O) groups is 1. The van der Waals surface area contributed by atoms with Crippen LogP contribution < -0.4 is 0 Å². The van der Waals surface area contributed by atoms with E-state index in [-0.39, 0.29) is 36.3 Å². The van der Waals surface area contributed by atoms with Gasteiger partial charge in [-0.05, 0) is 64.8 Å². The quantitative estimate of drug-likeness (QED) is 0.445. The first-order valence-electron chi connectivity index (χ1n) is 12.1. The molecule has 3 aromatic rings. The minimum Gasteiger partial charge on any atom is -0.448 e. The fraction of sp³-hybridized carbons (Fsp3) is 0.267. The van der Waals surface area contributed by atoms with Gasteiger partial charge in [0.1, 0.15) is 12.4 Å². The SMILES string of the molecule is N#CCc1ccc(F)c(C2=CC3CCC(C2)N3C(=O)OCC2c3ccccc3-c3ccccc32)c1. The topological polar surface area (TPSA) is 53.3 Å². The number of carbonyl (C=O) groups excluding carboxylic acids is 1. The lowest BCUT2D eigenvalue weighted by molar-refractivity contribution is 0.0866. The van der Waals surface area contributed by atoms with Crippen LogP contribution in [0.3, 0.4) is 0 Å². The molecule has 1 saturated heterocycles. The molecule has 3 aromatic carbocycles. The summed E-state index contributed by atoms with van der Waals surface area (Å²) in [5.74, 6) is -0.260. The molecular weight excluding hydrogens is 439 g/mol. The van der Waals surface area contributed by atoms with Gasteiger partial charge in [0, 0.05) is 17.5 Å². The Kier molecular flexibility index (Phi) is 5.37. The maximum absolute atomic E-state index is 14.6. The number of benzene rings is 3. The van der Waals surface area contributed by atoms with E-state index in [4.69, 9.17) is 10.00 Å². The van der Waals surface area contributed by atoms with Crippen LogP contribution in [0.2, 0.25) is 0 Å². The van der Waals surface area contributed by atoms with Gasteiger partial charge in [0.15, 0.2) is 0 Å². The van der Waals surface area contributed by atoms with Crippen LogP contribution in [0.25, 0.3) is 16.7 Å². The molecule has 2 atom stereocenters. The van der Waals surface area contributed by atoms with Crippen LogP contribution >= 0.6 is 0 Å². The summed E-state index contributed by atoms with van der Waals surface area (Å²) in [7, 11) is 0. The molecule has 174 valence electrons. The Balaban J connectivity index is 1.20. The monoisotopic (exact) mass is 464 g/mol. The highest BCUT2D eigenvalue weighted by molar-refractivity contribution is 5.79. The molecule has 1 amide bonds. The van der Waals surface area contributed by atoms with Crippen LogP contribution in [0, 0.1) is 17.1 Å². The molecule has 0 saturated carbocycles. The summed E-state index contributed by atoms with van der Waals surface area (Å²) in [5, 5.41) is 9.00. The number of nitriles is 1. The van der Waals surface area contributed by atoms with Crippen LogP contribution in [0.4, 0.5) is 9.18 Å². The molecule has 5 heteroatoms. The van der Waals surface area contributed by atoms with E-state index in [2.05, 4.69) is 30.3 Å². The van der Waals surface area contributed by atoms with Gasteiger partial charge in [-0.25, -0.2) is 9.18 Å². The Morgan fingerprint density at radius 3 is 2.40 bits per heavy atom. The van der Waals surface area contributed by atoms with Gasteiger partial charge < -0.3 is 4.74 Å². The number of hydrogen-bond donors (Lipinski definition) is 0. The smallest absolute Gasteiger partial charge is 0.410 e. The van der Waals surface area contributed by atoms with Crippen LogP contribution in [-0.4, -0.2) is 29.7 Å². The maximum Gasteiger partial charge on any atom is 0.410 e. The Hall–Kier alpha value is -3.91. The summed E-state index contributed by atoms with van der Waals surface area (Å²) >= 11 is 0. The second kappa shape index (κ2) is 8.70. The normalized spacial score (nSPS) is 20.1. The lowest BCUT2D eigenvalue weighted by atomic mass is 9.93. The van der Waals surface area contributed by atoms with Crippen molar-refractivity contribution >= 4 is 11.7 Å². The van der Waals surface area contributed by atoms with Crippen molar-refractivity contribution < 1.29 is 13.9 Å². The predicted molar refractivity (Wildman–Crippen MR) is 132 cm³/mol. The lowest BCUT2D eigenvalue weighted by Crippen LogP contribution is -2.43. The third-order valence-electron chi connectivity index (χ3n) is 7.60. The number of hydrogen-bond acceptors (Lipinski definition) is 3. The minimum absolute atomic E-state index is 0.00493. The Labute approximate surface area is 204 Å². The van der Waals surface area contributed by atoms with Gasteiger partial charge in [-0.2, -0.15) is 5.26 Å². The molecule has 0 aromatic heterocycles. The second-order valence-corrected chi connectivity index (χ2v) is 9.55. The van der Waals surface area contributed by atoms with Crippen molar-refractivity contribution in [3.8, 4) is 17.2 Å². The van der Waals surface area contributed by atoms with Gasteiger partial charge in [0.05, 0.1) is 18.5 Å². The number of amides is 1. The van der Waals surface area contributed by atoms with Gasteiger partial charge in [-0.3, -0.25) is 4.90 Å². The van der Waals surface area contributed by atoms with E-state index < -0.39 is 0 Å². The van der Waals surface area contributed by atoms with E-state index in [1.165, 1.54) is 28.3 Å². The van der Waals surface area contributed by atoms with Gasteiger partial charge >= 0.3 is 6.09 Å². The van der Waals surface area contributed by atoms with Crippen LogP contribution in [0.5, 0.6) is 0 Å². The highest BCUT2D eigenvalue weighted by Gasteiger charge is 2.41. The summed E-state index contributed by atoms with van der Waals surface area (Å²) in [6, 6.07) is 23.5. The Bertz CT molecular complexity index is 1340. The van der Waals surface area contributed by atoms with Crippen molar-refractivity contribution in [3.63, 3.8) is 0 Å². The first-order chi connectivity index (χ1) is 17.1. The zero-order valence-corrected chi connectivity index (χ0v) is 19.3. The number of fused-ring (bicyclic) bond motifs is 5. The summed E-state index contributed by atoms with van der Waals surface area (Å²) in [4.78, 5) is 15.1. The number of nitrogens with zero attached hydrogens (tertiary/aromatic N) is 2. The third-order valence-corrected chi connectivity index (χ3v) is 7.60. The predicted octanol–water partition coefficient (Wildman–Crippen LogP) is 6.46. The van der Waals surface area contributed by atoms with Crippen LogP contribution in [0.15, 0.2) is 72.8 Å². The summed E-state index contributed by atoms with van der Waals surface area (Å²) in [5.41, 5.74) is 7.05. The van der Waals surface area contributed by atoms with E-state index in [0.717, 1.165) is 24.0 Å². The fourth-order valence-electron chi connectivity index (χ4n) is 6.00. The summed E-state index contributed by atoms with van der Waals surface area (Å²) in [6.07, 6.45) is 4.27. The average molecular weight is 465 g/mol. The fourth-order valence-corrected chi connectivity index (χ4v) is 6.00. The van der Waals surface area contributed by atoms with Crippen molar-refractivity contribution in [1.82, 2.24) is 4.90 Å². The first kappa shape index (κ1) is 21.6. The van der Waals surface area contributed by atoms with E-state index in [1.54, 1.807) is 12.1 Å². The summed E-state index contributed by atoms with van der Waals surface area (Å²) < 4.78 is 20.6. The van der Waals surface area contributed by atoms with Crippen molar-refractivity contribution in [3.05, 3.63) is 101 Å². The molecule has 4 nitrogen and oxygen atoms in total. The zero-order chi connectivity index (χ0) is 23.9. The summed E-state index contributed by atoms with van der Waals surface area (Å²) in [6.45, 7) is 0.296. The molecule has 35 heavy (non-hydrogen) atoms. The minimum atomic E-state index is -0.298. The first-order valence-corrected chi connectivity index (χ1v) is 12.1. The molecule has 3 aliphatic rings. The van der Waals surface area contributed by atoms with Crippen molar-refractivity contribution in [1.29, 1.82) is 5.26 Å². The van der Waals surface area contributed by atoms with Crippen LogP contribution in [-0.2, 0) is 11.2 Å². The molecule has 1 aliphatic carbocycles. The number of ether oxygens (including phenoxy) is 1. The number of rotatable bonds is 4. The molecule has 0 radical (unpaired) electrons. The van der Waals surface area contributed by atoms with E-state index in [9.17, 15) is 9.18 Å². The van der Waals surface area contributed by atoms with Crippen molar-refractivity contribution in [2.45, 2.75) is 43.7 Å². The molecule has 2 heterocycles. The third kappa shape index (κ3) is 3.70. The molecule has 6 rings (SSSR count). The van der Waals surface area contributed by atoms with E-state index in [1.807, 2.05) is 35.2 Å². The molecule has 0 spiro atoms. The highest BCUT2D eigenvalue weighted by atomic mass is 19.1. The van der Waals surface area contributed by atoms with E-state index >= 15 is 0 Å². The van der Waals surface area contributed by atoms with E-state index in [0.29, 0.717) is 18.6 Å². The van der Waals surface area contributed by atoms with Gasteiger partial charge in [-0.1, -0.05) is 60.7 Å². The molecule has 1 fully saturated rings. The van der Waals surface area contributed by atoms with Crippen molar-refractivity contribution in [2.75, 3.05) is 6.61 Å². The highest BCUT2D eigenvalue weighted by Crippen LogP contribution is 2.45. The largest absolute Gasteiger partial charge is 0.448 e. The second-order valence-electron chi connectivity index (χ2n) is 9.55.